The molecule has 1 amide bonds. The Morgan fingerprint density at radius 2 is 1.46 bits per heavy atom. The second kappa shape index (κ2) is 19.3. The summed E-state index contributed by atoms with van der Waals surface area (Å²) in [5, 5.41) is 1.10. The van der Waals surface area contributed by atoms with E-state index in [1.54, 1.807) is 18.3 Å². The predicted molar refractivity (Wildman–Crippen MR) is 224 cm³/mol. The first kappa shape index (κ1) is 40.8. The Bertz CT molecular complexity index is 2020. The van der Waals surface area contributed by atoms with Gasteiger partial charge in [0.25, 0.3) is 0 Å². The maximum Gasteiger partial charge on any atom is 0.249 e. The third kappa shape index (κ3) is 10.9. The van der Waals surface area contributed by atoms with Gasteiger partial charge in [-0.15, -0.1) is 17.0 Å². The number of benzene rings is 4. The minimum atomic E-state index is 0. The number of hydrogen-bond acceptors (Lipinski definition) is 6. The zero-order chi connectivity index (χ0) is 37.3. The van der Waals surface area contributed by atoms with E-state index >= 15 is 0 Å². The summed E-state index contributed by atoms with van der Waals surface area (Å²) in [6.07, 6.45) is 2.47. The Morgan fingerprint density at radius 1 is 0.778 bits per heavy atom. The molecule has 1 fully saturated rings. The molecule has 0 unspecified atom stereocenters. The zero-order valence-corrected chi connectivity index (χ0v) is 34.3. The van der Waals surface area contributed by atoms with Crippen molar-refractivity contribution in [1.29, 1.82) is 0 Å². The molecule has 54 heavy (non-hydrogen) atoms. The molecule has 1 saturated heterocycles. The van der Waals surface area contributed by atoms with Gasteiger partial charge in [-0.1, -0.05) is 83.4 Å². The Kier molecular flexibility index (Phi) is 14.6. The van der Waals surface area contributed by atoms with Crippen molar-refractivity contribution in [2.45, 2.75) is 47.3 Å². The van der Waals surface area contributed by atoms with Crippen LogP contribution in [0.5, 0.6) is 23.1 Å². The number of carbonyl (C=O) groups is 1. The number of rotatable bonds is 13. The molecule has 10 heteroatoms. The van der Waals surface area contributed by atoms with Crippen LogP contribution in [0.2, 0.25) is 10.0 Å². The summed E-state index contributed by atoms with van der Waals surface area (Å²) in [6.45, 7) is 12.7. The van der Waals surface area contributed by atoms with Crippen LogP contribution in [-0.2, 0) is 24.4 Å². The van der Waals surface area contributed by atoms with Crippen LogP contribution in [0.15, 0.2) is 109 Å². The Balaban J connectivity index is 0.00000561. The van der Waals surface area contributed by atoms with Gasteiger partial charge < -0.3 is 19.1 Å². The van der Waals surface area contributed by atoms with Crippen LogP contribution < -0.4 is 14.2 Å². The average Bonchev–Trinajstić information content (AvgIpc) is 3.17. The Labute approximate surface area is 339 Å². The number of halogens is 3. The van der Waals surface area contributed by atoms with Crippen molar-refractivity contribution < 1.29 is 19.0 Å². The van der Waals surface area contributed by atoms with Crippen LogP contribution in [0.3, 0.4) is 0 Å². The fraction of sp³-hybridized carbons (Fsp3) is 0.273. The molecule has 1 aromatic heterocycles. The number of piperazine rings is 1. The number of nitrogens with zero attached hydrogens (tertiary/aromatic N) is 3. The summed E-state index contributed by atoms with van der Waals surface area (Å²) in [6, 6.07) is 31.9. The van der Waals surface area contributed by atoms with Gasteiger partial charge in [-0.25, -0.2) is 4.98 Å². The summed E-state index contributed by atoms with van der Waals surface area (Å²) >= 11 is 13.0. The van der Waals surface area contributed by atoms with E-state index in [1.807, 2.05) is 74.2 Å². The minimum absolute atomic E-state index is 0. The van der Waals surface area contributed by atoms with E-state index in [2.05, 4.69) is 53.2 Å². The number of ether oxygens (including phenoxy) is 3. The lowest BCUT2D eigenvalue weighted by Crippen LogP contribution is -2.48. The fourth-order valence-corrected chi connectivity index (χ4v) is 6.68. The van der Waals surface area contributed by atoms with Gasteiger partial charge in [-0.2, -0.15) is 0 Å². The summed E-state index contributed by atoms with van der Waals surface area (Å²) in [7, 11) is 0. The van der Waals surface area contributed by atoms with E-state index in [0.29, 0.717) is 59.3 Å². The zero-order valence-electron chi connectivity index (χ0n) is 31.1. The smallest absolute Gasteiger partial charge is 0.249 e. The molecule has 2 heterocycles. The number of aromatic nitrogens is 1. The molecule has 0 radical (unpaired) electrons. The molecule has 0 atom stereocenters. The quantitative estimate of drug-likeness (QED) is 0.110. The van der Waals surface area contributed by atoms with Crippen molar-refractivity contribution in [2.75, 3.05) is 32.8 Å². The molecule has 6 rings (SSSR count). The van der Waals surface area contributed by atoms with Crippen LogP contribution >= 0.6 is 40.2 Å². The van der Waals surface area contributed by atoms with Gasteiger partial charge in [-0.05, 0) is 91.9 Å². The number of aryl methyl sites for hydroxylation is 2. The Morgan fingerprint density at radius 3 is 2.13 bits per heavy atom. The number of hydrogen-bond donors (Lipinski definition) is 0. The molecule has 0 spiro atoms. The Hall–Kier alpha value is -4.34. The lowest BCUT2D eigenvalue weighted by atomic mass is 9.99. The van der Waals surface area contributed by atoms with Crippen molar-refractivity contribution in [3.8, 4) is 23.1 Å². The van der Waals surface area contributed by atoms with Crippen molar-refractivity contribution in [3.05, 3.63) is 152 Å². The molecule has 0 N–H and O–H groups in total. The second-order valence-corrected chi connectivity index (χ2v) is 14.3. The van der Waals surface area contributed by atoms with Gasteiger partial charge in [0, 0.05) is 61.4 Å². The van der Waals surface area contributed by atoms with Crippen LogP contribution in [-0.4, -0.2) is 53.5 Å². The lowest BCUT2D eigenvalue weighted by molar-refractivity contribution is -0.128. The summed E-state index contributed by atoms with van der Waals surface area (Å²) in [4.78, 5) is 22.4. The van der Waals surface area contributed by atoms with Crippen molar-refractivity contribution in [2.24, 2.45) is 0 Å². The van der Waals surface area contributed by atoms with Gasteiger partial charge in [-0.3, -0.25) is 9.69 Å². The van der Waals surface area contributed by atoms with Crippen LogP contribution in [0.25, 0.3) is 5.57 Å². The molecule has 0 saturated carbocycles. The van der Waals surface area contributed by atoms with Crippen molar-refractivity contribution in [3.63, 3.8) is 0 Å². The molecular weight excluding hydrogens is 785 g/mol. The normalized spacial score (nSPS) is 13.5. The summed E-state index contributed by atoms with van der Waals surface area (Å²) < 4.78 is 17.8. The molecular formula is C44H46BrCl2N3O4. The van der Waals surface area contributed by atoms with E-state index in [9.17, 15) is 4.79 Å². The third-order valence-electron chi connectivity index (χ3n) is 9.58. The second-order valence-electron chi connectivity index (χ2n) is 13.5. The maximum absolute atomic E-state index is 13.6. The van der Waals surface area contributed by atoms with Crippen LogP contribution in [0.4, 0.5) is 0 Å². The molecule has 0 aliphatic carbocycles. The van der Waals surface area contributed by atoms with Gasteiger partial charge in [0.15, 0.2) is 5.75 Å². The first-order valence-electron chi connectivity index (χ1n) is 17.9. The van der Waals surface area contributed by atoms with Crippen LogP contribution in [0.1, 0.15) is 47.2 Å². The molecule has 1 aliphatic rings. The first-order valence-corrected chi connectivity index (χ1v) is 18.7. The lowest BCUT2D eigenvalue weighted by Gasteiger charge is -2.35. The van der Waals surface area contributed by atoms with Gasteiger partial charge >= 0.3 is 0 Å². The number of pyridine rings is 1. The van der Waals surface area contributed by atoms with Gasteiger partial charge in [0.05, 0.1) is 17.8 Å². The highest BCUT2D eigenvalue weighted by Gasteiger charge is 2.24. The molecule has 0 bridgehead atoms. The SMILES string of the molecule is Br.C/C(C(=O)N1CCN(Cc2ccc(CCOc3ccc(C)cc3)cc2)CC1)=C(\C)c1cc(C)c(Oc2ccc(OCc3ccccc3Cl)cn2)c(Cl)c1. The first-order chi connectivity index (χ1) is 25.6. The molecule has 282 valence electrons. The largest absolute Gasteiger partial charge is 0.493 e. The van der Waals surface area contributed by atoms with E-state index in [0.717, 1.165) is 54.1 Å². The van der Waals surface area contributed by atoms with Gasteiger partial charge in [0.2, 0.25) is 11.8 Å². The molecule has 1 aliphatic heterocycles. The monoisotopic (exact) mass is 829 g/mol. The van der Waals surface area contributed by atoms with Gasteiger partial charge in [0.1, 0.15) is 18.1 Å². The predicted octanol–water partition coefficient (Wildman–Crippen LogP) is 10.7. The fourth-order valence-electron chi connectivity index (χ4n) is 6.18. The highest BCUT2D eigenvalue weighted by atomic mass is 79.9. The third-order valence-corrected chi connectivity index (χ3v) is 10.2. The van der Waals surface area contributed by atoms with Crippen LogP contribution in [0, 0.1) is 13.8 Å². The topological polar surface area (TPSA) is 64.1 Å². The van der Waals surface area contributed by atoms with E-state index in [-0.39, 0.29) is 22.9 Å². The number of amides is 1. The number of allylic oxidation sites excluding steroid dienone is 1. The highest BCUT2D eigenvalue weighted by molar-refractivity contribution is 8.93. The van der Waals surface area contributed by atoms with E-state index < -0.39 is 0 Å². The molecule has 5 aromatic rings. The van der Waals surface area contributed by atoms with E-state index in [4.69, 9.17) is 37.4 Å². The average molecular weight is 832 g/mol. The highest BCUT2D eigenvalue weighted by Crippen LogP contribution is 2.36. The molecule has 7 nitrogen and oxygen atoms in total. The standard InChI is InChI=1S/C44H45Cl2N3O4.BrH/c1-30-9-15-38(16-10-30)51-24-19-34-11-13-35(14-12-34)28-48-20-22-49(23-21-48)44(50)33(4)32(3)37-25-31(2)43(41(46)26-37)53-42-18-17-39(27-47-42)52-29-36-7-5-6-8-40(36)45;/h5-18,25-27H,19-24,28-29H2,1-4H3;1H/b33-32-;. The molecule has 4 aromatic carbocycles. The minimum Gasteiger partial charge on any atom is -0.493 e. The summed E-state index contributed by atoms with van der Waals surface area (Å²) in [5.41, 5.74) is 7.96. The van der Waals surface area contributed by atoms with Crippen molar-refractivity contribution in [1.82, 2.24) is 14.8 Å². The maximum atomic E-state index is 13.6. The number of carbonyl (C=O) groups excluding carboxylic acids is 1. The van der Waals surface area contributed by atoms with E-state index in [1.165, 1.54) is 16.7 Å². The van der Waals surface area contributed by atoms with Crippen molar-refractivity contribution >= 4 is 51.7 Å². The summed E-state index contributed by atoms with van der Waals surface area (Å²) in [5.74, 6) is 2.46.